The van der Waals surface area contributed by atoms with Crippen LogP contribution >= 0.6 is 0 Å². The first kappa shape index (κ1) is 35.6. The van der Waals surface area contributed by atoms with E-state index in [1.54, 1.807) is 6.33 Å². The number of hydrogen-bond acceptors (Lipinski definition) is 4. The summed E-state index contributed by atoms with van der Waals surface area (Å²) in [5.74, 6) is 1.05. The fraction of sp³-hybridized carbons (Fsp3) is 0.462. The third-order valence-electron chi connectivity index (χ3n) is 8.40. The Bertz CT molecular complexity index is 1670. The van der Waals surface area contributed by atoms with E-state index in [-0.39, 0.29) is 37.1 Å². The summed E-state index contributed by atoms with van der Waals surface area (Å²) in [5.41, 5.74) is 8.18. The molecule has 1 aliphatic carbocycles. The van der Waals surface area contributed by atoms with Gasteiger partial charge in [-0.1, -0.05) is 113 Å². The van der Waals surface area contributed by atoms with Crippen LogP contribution in [0.25, 0.3) is 32.9 Å². The van der Waals surface area contributed by atoms with Gasteiger partial charge in [-0.25, -0.2) is 4.98 Å². The Labute approximate surface area is 278 Å². The zero-order chi connectivity index (χ0) is 31.7. The number of hydrogen-bond donors (Lipinski definition) is 1. The summed E-state index contributed by atoms with van der Waals surface area (Å²) >= 11 is 0. The van der Waals surface area contributed by atoms with E-state index in [2.05, 4.69) is 70.2 Å². The van der Waals surface area contributed by atoms with Gasteiger partial charge >= 0.3 is 0 Å². The Morgan fingerprint density at radius 2 is 1.59 bits per heavy atom. The zero-order valence-corrected chi connectivity index (χ0v) is 30.6. The van der Waals surface area contributed by atoms with Gasteiger partial charge in [-0.05, 0) is 45.8 Å². The number of aromatic nitrogens is 2. The minimum atomic E-state index is -0.417. The van der Waals surface area contributed by atoms with Crippen LogP contribution in [0.4, 0.5) is 0 Å². The number of carbonyl (C=O) groups is 1. The van der Waals surface area contributed by atoms with Gasteiger partial charge < -0.3 is 5.11 Å². The molecule has 1 aromatic heterocycles. The second-order valence-corrected chi connectivity index (χ2v) is 14.7. The molecule has 0 bridgehead atoms. The van der Waals surface area contributed by atoms with E-state index >= 15 is 0 Å². The minimum absolute atomic E-state index is 0. The summed E-state index contributed by atoms with van der Waals surface area (Å²) in [6.45, 7) is 20.2. The molecule has 5 heteroatoms. The molecule has 0 saturated carbocycles. The first-order valence-corrected chi connectivity index (χ1v) is 15.8. The summed E-state index contributed by atoms with van der Waals surface area (Å²) in [6, 6.07) is 17.0. The van der Waals surface area contributed by atoms with E-state index in [1.165, 1.54) is 63.9 Å². The molecule has 1 aliphatic rings. The van der Waals surface area contributed by atoms with Crippen molar-refractivity contribution in [3.63, 3.8) is 0 Å². The molecular formula is C39H49IrN2O2-. The number of aliphatic hydroxyl groups excluding tert-OH is 1. The summed E-state index contributed by atoms with van der Waals surface area (Å²) in [7, 11) is 0. The Morgan fingerprint density at radius 1 is 0.909 bits per heavy atom. The van der Waals surface area contributed by atoms with Gasteiger partial charge in [0, 0.05) is 42.4 Å². The summed E-state index contributed by atoms with van der Waals surface area (Å²) in [5, 5.41) is 13.3. The average Bonchev–Trinajstić information content (AvgIpc) is 2.95. The van der Waals surface area contributed by atoms with Crippen LogP contribution < -0.4 is 0 Å². The van der Waals surface area contributed by atoms with Crippen LogP contribution in [-0.4, -0.2) is 20.9 Å². The second-order valence-electron chi connectivity index (χ2n) is 14.7. The molecular weight excluding hydrogens is 721 g/mol. The van der Waals surface area contributed by atoms with Crippen molar-refractivity contribution >= 4 is 27.5 Å². The summed E-state index contributed by atoms with van der Waals surface area (Å²) in [6.07, 6.45) is 7.89. The van der Waals surface area contributed by atoms with Crippen molar-refractivity contribution in [1.29, 1.82) is 0 Å². The van der Waals surface area contributed by atoms with Gasteiger partial charge in [0.15, 0.2) is 5.78 Å². The molecule has 0 amide bonds. The molecule has 4 aromatic rings. The number of benzene rings is 3. The smallest absolute Gasteiger partial charge is 0.164 e. The molecule has 0 saturated heterocycles. The number of allylic oxidation sites excluding steroid dienone is 2. The molecule has 1 radical (unpaired) electrons. The fourth-order valence-electron chi connectivity index (χ4n) is 5.51. The third kappa shape index (κ3) is 7.85. The van der Waals surface area contributed by atoms with Crippen LogP contribution in [0.15, 0.2) is 54.6 Å². The van der Waals surface area contributed by atoms with Gasteiger partial charge in [-0.2, -0.15) is 0 Å². The first-order chi connectivity index (χ1) is 20.1. The normalized spacial score (nSPS) is 13.9. The maximum atomic E-state index is 11.5. The van der Waals surface area contributed by atoms with Crippen molar-refractivity contribution in [2.24, 2.45) is 10.8 Å². The van der Waals surface area contributed by atoms with E-state index in [4.69, 9.17) is 9.97 Å². The number of fused-ring (bicyclic) bond motifs is 4. The molecule has 237 valence electrons. The molecule has 0 unspecified atom stereocenters. The topological polar surface area (TPSA) is 63.1 Å². The Morgan fingerprint density at radius 3 is 2.20 bits per heavy atom. The van der Waals surface area contributed by atoms with Crippen LogP contribution in [0.2, 0.25) is 0 Å². The molecule has 0 spiro atoms. The van der Waals surface area contributed by atoms with Gasteiger partial charge in [0.1, 0.15) is 12.1 Å². The number of aliphatic hydroxyl groups is 1. The third-order valence-corrected chi connectivity index (χ3v) is 8.40. The molecule has 1 N–H and O–H groups in total. The minimum Gasteiger partial charge on any atom is -0.512 e. The van der Waals surface area contributed by atoms with Crippen molar-refractivity contribution < 1.29 is 30.0 Å². The largest absolute Gasteiger partial charge is 0.512 e. The molecule has 44 heavy (non-hydrogen) atoms. The van der Waals surface area contributed by atoms with Crippen LogP contribution in [0.5, 0.6) is 0 Å². The van der Waals surface area contributed by atoms with E-state index in [1.807, 2.05) is 41.5 Å². The number of nitrogens with zero attached hydrogens (tertiary/aromatic N) is 2. The fourth-order valence-corrected chi connectivity index (χ4v) is 5.51. The summed E-state index contributed by atoms with van der Waals surface area (Å²) < 4.78 is 0. The maximum Gasteiger partial charge on any atom is 0.164 e. The monoisotopic (exact) mass is 770 g/mol. The predicted octanol–water partition coefficient (Wildman–Crippen LogP) is 10.5. The second kappa shape index (κ2) is 14.0. The molecule has 0 fully saturated rings. The van der Waals surface area contributed by atoms with Crippen LogP contribution in [0.1, 0.15) is 116 Å². The molecule has 0 atom stereocenters. The Hall–Kier alpha value is -2.88. The number of aryl methyl sites for hydroxylation is 1. The Balaban J connectivity index is 0.000000324. The molecule has 1 heterocycles. The van der Waals surface area contributed by atoms with Gasteiger partial charge in [0.2, 0.25) is 0 Å². The standard InChI is InChI=1S/C28H29N2.C11H20O2.Ir/c1-17(2)21-14-20-12-13-24-27(23-11-7-9-19-8-5-6-10-22(19)23)29-16-30-28(24)26(20)25(15-21)18(3)4;1-10(2,3)8(12)7-9(13)11(4,5)6;/h7,9,12-18H,5-6,8,10H2,1-4H3;7,12H,1-6H3;/q-1;;/b;8-7-;. The quantitative estimate of drug-likeness (QED) is 0.0972. The van der Waals surface area contributed by atoms with Gasteiger partial charge in [0.05, 0.1) is 5.52 Å². The average molecular weight is 770 g/mol. The van der Waals surface area contributed by atoms with E-state index in [0.717, 1.165) is 23.0 Å². The van der Waals surface area contributed by atoms with Crippen molar-refractivity contribution in [2.75, 3.05) is 0 Å². The van der Waals surface area contributed by atoms with E-state index in [0.29, 0.717) is 11.8 Å². The van der Waals surface area contributed by atoms with E-state index < -0.39 is 5.41 Å². The summed E-state index contributed by atoms with van der Waals surface area (Å²) in [4.78, 5) is 21.1. The Kier molecular flexibility index (Phi) is 11.4. The van der Waals surface area contributed by atoms with Gasteiger partial charge in [-0.15, -0.1) is 34.9 Å². The molecule has 0 aliphatic heterocycles. The first-order valence-electron chi connectivity index (χ1n) is 15.8. The van der Waals surface area contributed by atoms with Crippen molar-refractivity contribution in [1.82, 2.24) is 9.97 Å². The number of rotatable bonds is 4. The zero-order valence-electron chi connectivity index (χ0n) is 28.2. The van der Waals surface area contributed by atoms with Crippen LogP contribution in [0, 0.1) is 16.9 Å². The number of carbonyl (C=O) groups excluding carboxylic acids is 1. The molecule has 4 nitrogen and oxygen atoms in total. The van der Waals surface area contributed by atoms with Gasteiger partial charge in [0.25, 0.3) is 0 Å². The molecule has 5 rings (SSSR count). The van der Waals surface area contributed by atoms with Crippen LogP contribution in [-0.2, 0) is 37.7 Å². The number of ketones is 1. The van der Waals surface area contributed by atoms with Crippen molar-refractivity contribution in [3.8, 4) is 11.3 Å². The van der Waals surface area contributed by atoms with Crippen molar-refractivity contribution in [3.05, 3.63) is 82.9 Å². The van der Waals surface area contributed by atoms with E-state index in [9.17, 15) is 9.90 Å². The van der Waals surface area contributed by atoms with Crippen LogP contribution in [0.3, 0.4) is 0 Å². The maximum absolute atomic E-state index is 11.5. The predicted molar refractivity (Wildman–Crippen MR) is 181 cm³/mol. The van der Waals surface area contributed by atoms with Crippen molar-refractivity contribution in [2.45, 2.75) is 107 Å². The van der Waals surface area contributed by atoms with Gasteiger partial charge in [-0.3, -0.25) is 9.78 Å². The molecule has 3 aromatic carbocycles. The SMILES string of the molecule is CC(C)(C)C(=O)/C=C(\O)C(C)(C)C.CC(C)c1cc(C(C)C)c2c(ccc3c(-c4[c-]ccc5c4CCCC5)ncnc32)c1.[Ir].